The number of pyridine rings is 1. The normalized spacial score (nSPS) is 16.6. The maximum atomic E-state index is 6.68. The SMILES string of the molecule is ClC1(Cl)CC1c1nc(Cc2ccncc2)cn1C(c1ccccc1)(c1ccccc1)c1ccccc1. The van der Waals surface area contributed by atoms with Crippen LogP contribution in [0.2, 0.25) is 0 Å². The van der Waals surface area contributed by atoms with Crippen molar-refractivity contribution < 1.29 is 0 Å². The molecule has 1 unspecified atom stereocenters. The Morgan fingerprint density at radius 2 is 1.22 bits per heavy atom. The molecule has 5 heteroatoms. The minimum absolute atomic E-state index is 0.0532. The van der Waals surface area contributed by atoms with Gasteiger partial charge in [0.2, 0.25) is 0 Å². The number of benzene rings is 3. The van der Waals surface area contributed by atoms with Crippen LogP contribution in [0.3, 0.4) is 0 Å². The summed E-state index contributed by atoms with van der Waals surface area (Å²) in [6, 6.07) is 35.9. The first-order valence-corrected chi connectivity index (χ1v) is 12.9. The van der Waals surface area contributed by atoms with E-state index >= 15 is 0 Å². The fourth-order valence-corrected chi connectivity index (χ4v) is 5.71. The van der Waals surface area contributed by atoms with Crippen LogP contribution in [0.4, 0.5) is 0 Å². The third-order valence-electron chi connectivity index (χ3n) is 6.99. The zero-order valence-corrected chi connectivity index (χ0v) is 21.1. The minimum Gasteiger partial charge on any atom is -0.316 e. The minimum atomic E-state index is -0.813. The summed E-state index contributed by atoms with van der Waals surface area (Å²) < 4.78 is 1.51. The number of hydrogen-bond donors (Lipinski definition) is 0. The summed E-state index contributed by atoms with van der Waals surface area (Å²) in [6.07, 6.45) is 7.19. The number of rotatable bonds is 7. The van der Waals surface area contributed by atoms with Gasteiger partial charge in [0.25, 0.3) is 0 Å². The van der Waals surface area contributed by atoms with Crippen molar-refractivity contribution in [3.63, 3.8) is 0 Å². The number of alkyl halides is 2. The molecule has 3 aromatic carbocycles. The van der Waals surface area contributed by atoms with Gasteiger partial charge in [-0.2, -0.15) is 0 Å². The third kappa shape index (κ3) is 4.03. The van der Waals surface area contributed by atoms with Crippen LogP contribution in [0, 0.1) is 0 Å². The van der Waals surface area contributed by atoms with E-state index in [4.69, 9.17) is 28.2 Å². The number of halogens is 2. The van der Waals surface area contributed by atoms with Crippen molar-refractivity contribution in [2.24, 2.45) is 0 Å². The Bertz CT molecular complexity index is 1350. The molecular weight excluding hydrogens is 485 g/mol. The molecule has 6 rings (SSSR count). The van der Waals surface area contributed by atoms with Gasteiger partial charge in [-0.05, 0) is 40.8 Å². The Balaban J connectivity index is 1.66. The molecule has 0 N–H and O–H groups in total. The van der Waals surface area contributed by atoms with Crippen molar-refractivity contribution in [1.82, 2.24) is 14.5 Å². The first kappa shape index (κ1) is 23.0. The summed E-state index contributed by atoms with van der Waals surface area (Å²) >= 11 is 13.4. The van der Waals surface area contributed by atoms with Gasteiger partial charge in [0.1, 0.15) is 15.7 Å². The van der Waals surface area contributed by atoms with Crippen LogP contribution in [0.1, 0.15) is 46.1 Å². The van der Waals surface area contributed by atoms with Gasteiger partial charge in [0.05, 0.1) is 11.6 Å². The molecule has 0 saturated heterocycles. The fourth-order valence-electron chi connectivity index (χ4n) is 5.20. The van der Waals surface area contributed by atoms with E-state index in [9.17, 15) is 0 Å². The van der Waals surface area contributed by atoms with Gasteiger partial charge in [-0.3, -0.25) is 4.98 Å². The Hall–Kier alpha value is -3.40. The second kappa shape index (κ2) is 9.24. The van der Waals surface area contributed by atoms with Crippen LogP contribution < -0.4 is 0 Å². The summed E-state index contributed by atoms with van der Waals surface area (Å²) in [7, 11) is 0. The molecule has 1 saturated carbocycles. The van der Waals surface area contributed by atoms with Crippen molar-refractivity contribution in [3.05, 3.63) is 155 Å². The first-order valence-electron chi connectivity index (χ1n) is 12.1. The highest BCUT2D eigenvalue weighted by Crippen LogP contribution is 2.60. The molecule has 1 atom stereocenters. The van der Waals surface area contributed by atoms with Crippen LogP contribution in [0.15, 0.2) is 122 Å². The highest BCUT2D eigenvalue weighted by molar-refractivity contribution is 6.51. The van der Waals surface area contributed by atoms with Crippen LogP contribution in [0.5, 0.6) is 0 Å². The summed E-state index contributed by atoms with van der Waals surface area (Å²) in [5.41, 5.74) is 4.91. The molecule has 0 spiro atoms. The van der Waals surface area contributed by atoms with E-state index < -0.39 is 9.87 Å². The van der Waals surface area contributed by atoms with Gasteiger partial charge < -0.3 is 4.57 Å². The lowest BCUT2D eigenvalue weighted by atomic mass is 9.76. The average molecular weight is 510 g/mol. The standard InChI is InChI=1S/C31H25Cl2N3/c32-30(33)21-28(30)29-35-27(20-23-16-18-34-19-17-23)22-36(29)31(24-10-4-1-5-11-24,25-12-6-2-7-13-25)26-14-8-3-9-15-26/h1-19,22,28H,20-21H2. The van der Waals surface area contributed by atoms with E-state index in [1.807, 2.05) is 24.5 Å². The topological polar surface area (TPSA) is 30.7 Å². The Morgan fingerprint density at radius 3 is 1.67 bits per heavy atom. The first-order chi connectivity index (χ1) is 17.6. The van der Waals surface area contributed by atoms with Gasteiger partial charge >= 0.3 is 0 Å². The van der Waals surface area contributed by atoms with E-state index in [1.165, 1.54) is 0 Å². The number of nitrogens with zero attached hydrogens (tertiary/aromatic N) is 3. The smallest absolute Gasteiger partial charge is 0.129 e. The van der Waals surface area contributed by atoms with Crippen molar-refractivity contribution in [1.29, 1.82) is 0 Å². The lowest BCUT2D eigenvalue weighted by Gasteiger charge is -2.38. The van der Waals surface area contributed by atoms with Crippen LogP contribution in [-0.4, -0.2) is 18.9 Å². The monoisotopic (exact) mass is 509 g/mol. The van der Waals surface area contributed by atoms with Gasteiger partial charge in [-0.25, -0.2) is 4.98 Å². The lowest BCUT2D eigenvalue weighted by molar-refractivity contribution is 0.492. The van der Waals surface area contributed by atoms with Crippen LogP contribution in [0.25, 0.3) is 0 Å². The van der Waals surface area contributed by atoms with E-state index in [-0.39, 0.29) is 5.92 Å². The van der Waals surface area contributed by atoms with Gasteiger partial charge in [-0.1, -0.05) is 91.0 Å². The maximum absolute atomic E-state index is 6.68. The Labute approximate surface area is 221 Å². The Morgan fingerprint density at radius 1 is 0.750 bits per heavy atom. The molecule has 1 fully saturated rings. The molecule has 0 aliphatic heterocycles. The highest BCUT2D eigenvalue weighted by Gasteiger charge is 2.56. The van der Waals surface area contributed by atoms with Gasteiger partial charge in [0, 0.05) is 25.0 Å². The van der Waals surface area contributed by atoms with Gasteiger partial charge in [0.15, 0.2) is 0 Å². The second-order valence-corrected chi connectivity index (χ2v) is 10.9. The number of imidazole rings is 1. The Kier molecular flexibility index (Phi) is 5.91. The van der Waals surface area contributed by atoms with Crippen molar-refractivity contribution in [3.8, 4) is 0 Å². The zero-order valence-electron chi connectivity index (χ0n) is 19.6. The molecule has 3 nitrogen and oxygen atoms in total. The maximum Gasteiger partial charge on any atom is 0.129 e. The highest BCUT2D eigenvalue weighted by atomic mass is 35.5. The summed E-state index contributed by atoms with van der Waals surface area (Å²) in [6.45, 7) is 0. The van der Waals surface area contributed by atoms with Crippen LogP contribution in [-0.2, 0) is 12.0 Å². The second-order valence-electron chi connectivity index (χ2n) is 9.32. The molecule has 0 bridgehead atoms. The fraction of sp³-hybridized carbons (Fsp3) is 0.161. The zero-order chi connectivity index (χ0) is 24.6. The largest absolute Gasteiger partial charge is 0.316 e. The number of hydrogen-bond acceptors (Lipinski definition) is 2. The average Bonchev–Trinajstić information content (AvgIpc) is 3.37. The molecule has 36 heavy (non-hydrogen) atoms. The molecule has 1 aliphatic carbocycles. The van der Waals surface area contributed by atoms with E-state index in [0.29, 0.717) is 12.8 Å². The molecule has 2 heterocycles. The molecule has 2 aromatic heterocycles. The van der Waals surface area contributed by atoms with E-state index in [0.717, 1.165) is 33.8 Å². The predicted octanol–water partition coefficient (Wildman–Crippen LogP) is 7.37. The summed E-state index contributed by atoms with van der Waals surface area (Å²) in [4.78, 5) is 9.34. The lowest BCUT2D eigenvalue weighted by Crippen LogP contribution is -2.38. The molecule has 178 valence electrons. The number of aromatic nitrogens is 3. The van der Waals surface area contributed by atoms with E-state index in [2.05, 4.69) is 107 Å². The quantitative estimate of drug-likeness (QED) is 0.169. The van der Waals surface area contributed by atoms with Crippen molar-refractivity contribution in [2.75, 3.05) is 0 Å². The molecule has 5 aromatic rings. The molecule has 0 radical (unpaired) electrons. The van der Waals surface area contributed by atoms with Gasteiger partial charge in [-0.15, -0.1) is 23.2 Å². The predicted molar refractivity (Wildman–Crippen MR) is 146 cm³/mol. The summed E-state index contributed by atoms with van der Waals surface area (Å²) in [5, 5.41) is 0. The summed E-state index contributed by atoms with van der Waals surface area (Å²) in [5.74, 6) is 0.850. The van der Waals surface area contributed by atoms with Crippen LogP contribution >= 0.6 is 23.2 Å². The molecule has 1 aliphatic rings. The van der Waals surface area contributed by atoms with Crippen molar-refractivity contribution >= 4 is 23.2 Å². The van der Waals surface area contributed by atoms with Crippen molar-refractivity contribution in [2.45, 2.75) is 28.6 Å². The third-order valence-corrected chi connectivity index (χ3v) is 7.83. The molecule has 0 amide bonds. The molecular formula is C31H25Cl2N3. The van der Waals surface area contributed by atoms with E-state index in [1.54, 1.807) is 0 Å².